The SMILES string of the molecule is CNC(=O)c1cc(CCn2cnnc2[C@H]2O[C@](C)(C(F)(F)F)[C@H](C)[C@@H]2c2ccc(F)c(F)c2OC)ccn1. The van der Waals surface area contributed by atoms with Crippen LogP contribution < -0.4 is 10.1 Å². The molecule has 1 saturated heterocycles. The van der Waals surface area contributed by atoms with Crippen LogP contribution in [-0.2, 0) is 17.7 Å². The van der Waals surface area contributed by atoms with Crippen molar-refractivity contribution in [3.8, 4) is 5.75 Å². The molecule has 38 heavy (non-hydrogen) atoms. The number of amides is 1. The Bertz CT molecular complexity index is 1330. The molecule has 3 aromatic rings. The molecule has 4 rings (SSSR count). The summed E-state index contributed by atoms with van der Waals surface area (Å²) in [6.45, 7) is 2.50. The minimum Gasteiger partial charge on any atom is -0.493 e. The second kappa shape index (κ2) is 10.3. The molecule has 1 aromatic carbocycles. The van der Waals surface area contributed by atoms with Gasteiger partial charge in [0.2, 0.25) is 5.82 Å². The number of carbonyl (C=O) groups is 1. The summed E-state index contributed by atoms with van der Waals surface area (Å²) in [7, 11) is 2.60. The number of alkyl halides is 3. The van der Waals surface area contributed by atoms with Gasteiger partial charge < -0.3 is 19.4 Å². The van der Waals surface area contributed by atoms with Crippen molar-refractivity contribution in [3.05, 3.63) is 71.1 Å². The van der Waals surface area contributed by atoms with E-state index in [1.165, 1.54) is 32.6 Å². The van der Waals surface area contributed by atoms with Gasteiger partial charge in [-0.2, -0.15) is 17.6 Å². The lowest BCUT2D eigenvalue weighted by atomic mass is 9.77. The molecule has 1 aliphatic rings. The number of aryl methyl sites for hydroxylation is 2. The molecule has 0 bridgehead atoms. The molecule has 1 N–H and O–H groups in total. The number of nitrogens with zero attached hydrogens (tertiary/aromatic N) is 4. The maximum atomic E-state index is 14.6. The van der Waals surface area contributed by atoms with E-state index < -0.39 is 47.1 Å². The molecule has 0 saturated carbocycles. The van der Waals surface area contributed by atoms with Gasteiger partial charge in [-0.25, -0.2) is 4.39 Å². The average molecular weight is 540 g/mol. The number of hydrogen-bond donors (Lipinski definition) is 1. The summed E-state index contributed by atoms with van der Waals surface area (Å²) in [5.41, 5.74) is -1.63. The molecule has 0 aliphatic carbocycles. The van der Waals surface area contributed by atoms with E-state index in [1.54, 1.807) is 16.7 Å². The lowest BCUT2D eigenvalue weighted by Gasteiger charge is -2.32. The summed E-state index contributed by atoms with van der Waals surface area (Å²) in [6, 6.07) is 5.36. The van der Waals surface area contributed by atoms with Gasteiger partial charge in [-0.05, 0) is 37.1 Å². The number of nitrogens with one attached hydrogen (secondary N) is 1. The van der Waals surface area contributed by atoms with Crippen molar-refractivity contribution < 1.29 is 36.2 Å². The first-order valence-corrected chi connectivity index (χ1v) is 11.7. The van der Waals surface area contributed by atoms with Crippen LogP contribution in [0.15, 0.2) is 36.8 Å². The fourth-order valence-electron chi connectivity index (χ4n) is 4.82. The van der Waals surface area contributed by atoms with E-state index in [-0.39, 0.29) is 29.5 Å². The molecule has 8 nitrogen and oxygen atoms in total. The molecule has 1 fully saturated rings. The molecule has 4 atom stereocenters. The van der Waals surface area contributed by atoms with Crippen molar-refractivity contribution in [1.29, 1.82) is 0 Å². The molecule has 0 unspecified atom stereocenters. The van der Waals surface area contributed by atoms with Crippen molar-refractivity contribution in [3.63, 3.8) is 0 Å². The van der Waals surface area contributed by atoms with Crippen LogP contribution in [0.4, 0.5) is 22.0 Å². The van der Waals surface area contributed by atoms with Crippen LogP contribution in [0.2, 0.25) is 0 Å². The Morgan fingerprint density at radius 1 is 1.26 bits per heavy atom. The van der Waals surface area contributed by atoms with Crippen LogP contribution >= 0.6 is 0 Å². The van der Waals surface area contributed by atoms with Crippen LogP contribution in [0, 0.1) is 17.6 Å². The summed E-state index contributed by atoms with van der Waals surface area (Å²) < 4.78 is 83.6. The van der Waals surface area contributed by atoms with Gasteiger partial charge in [-0.1, -0.05) is 13.0 Å². The third-order valence-corrected chi connectivity index (χ3v) is 7.14. The average Bonchev–Trinajstić information content (AvgIpc) is 3.46. The molecule has 1 aliphatic heterocycles. The van der Waals surface area contributed by atoms with Crippen molar-refractivity contribution >= 4 is 5.91 Å². The number of aromatic nitrogens is 4. The molecule has 13 heteroatoms. The van der Waals surface area contributed by atoms with Gasteiger partial charge in [0.15, 0.2) is 23.0 Å². The molecule has 2 aromatic heterocycles. The van der Waals surface area contributed by atoms with Gasteiger partial charge in [0, 0.05) is 37.2 Å². The highest BCUT2D eigenvalue weighted by molar-refractivity contribution is 5.92. The Balaban J connectivity index is 1.73. The van der Waals surface area contributed by atoms with Gasteiger partial charge in [0.25, 0.3) is 5.91 Å². The highest BCUT2D eigenvalue weighted by Gasteiger charge is 2.65. The Morgan fingerprint density at radius 3 is 2.66 bits per heavy atom. The minimum atomic E-state index is -4.77. The number of benzene rings is 1. The minimum absolute atomic E-state index is 0.0239. The summed E-state index contributed by atoms with van der Waals surface area (Å²) in [4.78, 5) is 15.9. The lowest BCUT2D eigenvalue weighted by molar-refractivity contribution is -0.275. The van der Waals surface area contributed by atoms with Gasteiger partial charge in [0.05, 0.1) is 7.11 Å². The Kier molecular flexibility index (Phi) is 7.42. The van der Waals surface area contributed by atoms with Crippen LogP contribution in [-0.4, -0.2) is 51.6 Å². The lowest BCUT2D eigenvalue weighted by Crippen LogP contribution is -2.46. The Labute approximate surface area is 215 Å². The van der Waals surface area contributed by atoms with E-state index >= 15 is 0 Å². The Hall–Kier alpha value is -3.61. The van der Waals surface area contributed by atoms with E-state index in [2.05, 4.69) is 20.5 Å². The maximum absolute atomic E-state index is 14.6. The number of ether oxygens (including phenoxy) is 2. The second-order valence-corrected chi connectivity index (χ2v) is 9.20. The third kappa shape index (κ3) is 4.70. The maximum Gasteiger partial charge on any atom is 0.417 e. The van der Waals surface area contributed by atoms with Crippen molar-refractivity contribution in [2.45, 2.75) is 50.6 Å². The van der Waals surface area contributed by atoms with Gasteiger partial charge in [-0.3, -0.25) is 9.78 Å². The fraction of sp³-hybridized carbons (Fsp3) is 0.440. The van der Waals surface area contributed by atoms with Crippen molar-refractivity contribution in [2.75, 3.05) is 14.2 Å². The molecule has 1 amide bonds. The van der Waals surface area contributed by atoms with E-state index in [0.29, 0.717) is 6.42 Å². The van der Waals surface area contributed by atoms with Gasteiger partial charge in [0.1, 0.15) is 18.1 Å². The number of carbonyl (C=O) groups excluding carboxylic acids is 1. The van der Waals surface area contributed by atoms with E-state index in [9.17, 15) is 26.7 Å². The number of rotatable bonds is 7. The van der Waals surface area contributed by atoms with Gasteiger partial charge in [-0.15, -0.1) is 10.2 Å². The molecule has 204 valence electrons. The topological polar surface area (TPSA) is 91.2 Å². The first kappa shape index (κ1) is 27.4. The van der Waals surface area contributed by atoms with E-state index in [4.69, 9.17) is 9.47 Å². The van der Waals surface area contributed by atoms with Crippen LogP contribution in [0.1, 0.15) is 53.3 Å². The normalized spacial score (nSPS) is 23.4. The zero-order valence-electron chi connectivity index (χ0n) is 21.0. The summed E-state index contributed by atoms with van der Waals surface area (Å²) in [5.74, 6) is -5.60. The highest BCUT2D eigenvalue weighted by Crippen LogP contribution is 2.59. The summed E-state index contributed by atoms with van der Waals surface area (Å²) in [5, 5.41) is 10.4. The number of pyridine rings is 1. The standard InChI is InChI=1S/C25H26F5N5O3/c1-13-18(15-5-6-16(26)19(27)20(15)37-4)21(38-24(13,2)25(28,29)30)22-34-33-12-35(22)10-8-14-7-9-32-17(11-14)23(36)31-3/h5-7,9,11-13,18,21H,8,10H2,1-4H3,(H,31,36)/t13-,18-,21+,24+/m1/s1. The molecular formula is C25H26F5N5O3. The quantitative estimate of drug-likeness (QED) is 0.449. The first-order valence-electron chi connectivity index (χ1n) is 11.7. The Morgan fingerprint density at radius 2 is 2.00 bits per heavy atom. The summed E-state index contributed by atoms with van der Waals surface area (Å²) in [6.07, 6.45) is -2.88. The van der Waals surface area contributed by atoms with Crippen LogP contribution in [0.5, 0.6) is 5.75 Å². The van der Waals surface area contributed by atoms with Crippen molar-refractivity contribution in [1.82, 2.24) is 25.1 Å². The predicted molar refractivity (Wildman–Crippen MR) is 124 cm³/mol. The molecule has 0 spiro atoms. The number of halogens is 5. The highest BCUT2D eigenvalue weighted by atomic mass is 19.4. The monoisotopic (exact) mass is 539 g/mol. The zero-order valence-corrected chi connectivity index (χ0v) is 21.0. The number of methoxy groups -OCH3 is 1. The molecule has 3 heterocycles. The van der Waals surface area contributed by atoms with Gasteiger partial charge >= 0.3 is 6.18 Å². The zero-order chi connectivity index (χ0) is 27.8. The van der Waals surface area contributed by atoms with E-state index in [0.717, 1.165) is 25.7 Å². The van der Waals surface area contributed by atoms with Crippen LogP contribution in [0.3, 0.4) is 0 Å². The summed E-state index contributed by atoms with van der Waals surface area (Å²) >= 11 is 0. The number of hydrogen-bond acceptors (Lipinski definition) is 6. The van der Waals surface area contributed by atoms with E-state index in [1.807, 2.05) is 0 Å². The van der Waals surface area contributed by atoms with Crippen molar-refractivity contribution in [2.24, 2.45) is 5.92 Å². The largest absolute Gasteiger partial charge is 0.493 e. The third-order valence-electron chi connectivity index (χ3n) is 7.14. The second-order valence-electron chi connectivity index (χ2n) is 9.20. The molecular weight excluding hydrogens is 513 g/mol. The first-order chi connectivity index (χ1) is 17.9. The van der Waals surface area contributed by atoms with Crippen LogP contribution in [0.25, 0.3) is 0 Å². The predicted octanol–water partition coefficient (Wildman–Crippen LogP) is 4.37. The fourth-order valence-corrected chi connectivity index (χ4v) is 4.82. The smallest absolute Gasteiger partial charge is 0.417 e. The molecule has 0 radical (unpaired) electrons.